The summed E-state index contributed by atoms with van der Waals surface area (Å²) in [6, 6.07) is 0.566. The van der Waals surface area contributed by atoms with Gasteiger partial charge in [-0.05, 0) is 39.0 Å². The largest absolute Gasteiger partial charge is 0.378 e. The maximum absolute atomic E-state index is 6.11. The van der Waals surface area contributed by atoms with Crippen molar-refractivity contribution in [3.63, 3.8) is 0 Å². The number of nitrogens with zero attached hydrogens (tertiary/aromatic N) is 2. The topological polar surface area (TPSA) is 46.1 Å². The standard InChI is InChI=1S/C19H33N3O2.HI/c1-3-23-14-6-11-22(12-7-14)18(20-2)21-16-15-8-13-24-17(15)19(16)9-4-5-10-19;/h14-17H,3-13H2,1-2H3,(H,20,21);1H. The molecule has 2 aliphatic heterocycles. The molecule has 0 aromatic heterocycles. The number of piperidine rings is 1. The van der Waals surface area contributed by atoms with Gasteiger partial charge in [-0.3, -0.25) is 4.99 Å². The lowest BCUT2D eigenvalue weighted by atomic mass is 9.54. The third kappa shape index (κ3) is 3.43. The van der Waals surface area contributed by atoms with E-state index in [1.165, 1.54) is 32.1 Å². The van der Waals surface area contributed by atoms with E-state index in [2.05, 4.69) is 22.1 Å². The molecule has 1 spiro atoms. The monoisotopic (exact) mass is 463 g/mol. The van der Waals surface area contributed by atoms with E-state index < -0.39 is 0 Å². The summed E-state index contributed by atoms with van der Waals surface area (Å²) in [6.45, 7) is 5.97. The van der Waals surface area contributed by atoms with Crippen molar-refractivity contribution in [2.45, 2.75) is 70.1 Å². The molecule has 0 aromatic carbocycles. The van der Waals surface area contributed by atoms with Crippen molar-refractivity contribution in [3.8, 4) is 0 Å². The van der Waals surface area contributed by atoms with E-state index >= 15 is 0 Å². The summed E-state index contributed by atoms with van der Waals surface area (Å²) in [4.78, 5) is 7.05. The second-order valence-corrected chi connectivity index (χ2v) is 8.00. The molecule has 2 aliphatic carbocycles. The molecule has 6 heteroatoms. The first-order valence-corrected chi connectivity index (χ1v) is 10.00. The molecule has 4 rings (SSSR count). The minimum Gasteiger partial charge on any atom is -0.378 e. The van der Waals surface area contributed by atoms with Crippen molar-refractivity contribution in [3.05, 3.63) is 0 Å². The smallest absolute Gasteiger partial charge is 0.193 e. The number of ether oxygens (including phenoxy) is 2. The predicted molar refractivity (Wildman–Crippen MR) is 111 cm³/mol. The number of rotatable bonds is 3. The van der Waals surface area contributed by atoms with Gasteiger partial charge in [0.25, 0.3) is 0 Å². The van der Waals surface area contributed by atoms with Crippen LogP contribution in [0.5, 0.6) is 0 Å². The van der Waals surface area contributed by atoms with E-state index in [0.29, 0.717) is 29.6 Å². The number of halogens is 1. The second-order valence-electron chi connectivity index (χ2n) is 8.00. The highest BCUT2D eigenvalue weighted by Crippen LogP contribution is 2.60. The van der Waals surface area contributed by atoms with Gasteiger partial charge in [-0.25, -0.2) is 0 Å². The maximum atomic E-state index is 6.11. The van der Waals surface area contributed by atoms with Gasteiger partial charge in [-0.15, -0.1) is 24.0 Å². The quantitative estimate of drug-likeness (QED) is 0.397. The van der Waals surface area contributed by atoms with Crippen molar-refractivity contribution < 1.29 is 9.47 Å². The van der Waals surface area contributed by atoms with E-state index in [4.69, 9.17) is 9.47 Å². The third-order valence-corrected chi connectivity index (χ3v) is 6.93. The van der Waals surface area contributed by atoms with Crippen LogP contribution in [0, 0.1) is 11.3 Å². The maximum Gasteiger partial charge on any atom is 0.193 e. The molecule has 1 N–H and O–H groups in total. The van der Waals surface area contributed by atoms with Crippen molar-refractivity contribution in [1.29, 1.82) is 0 Å². The van der Waals surface area contributed by atoms with Crippen LogP contribution in [0.4, 0.5) is 0 Å². The summed E-state index contributed by atoms with van der Waals surface area (Å²) in [5, 5.41) is 3.88. The average molecular weight is 463 g/mol. The number of nitrogens with one attached hydrogen (secondary N) is 1. The Balaban J connectivity index is 0.00000182. The van der Waals surface area contributed by atoms with Crippen LogP contribution < -0.4 is 5.32 Å². The third-order valence-electron chi connectivity index (χ3n) is 6.93. The number of likely N-dealkylation sites (tertiary alicyclic amines) is 1. The normalized spacial score (nSPS) is 34.6. The van der Waals surface area contributed by atoms with Crippen LogP contribution in [0.3, 0.4) is 0 Å². The number of hydrogen-bond donors (Lipinski definition) is 1. The Kier molecular flexibility index (Phi) is 6.53. The fourth-order valence-corrected chi connectivity index (χ4v) is 5.81. The minimum atomic E-state index is 0. The van der Waals surface area contributed by atoms with Crippen molar-refractivity contribution in [2.24, 2.45) is 16.3 Å². The molecule has 0 amide bonds. The second kappa shape index (κ2) is 8.30. The lowest BCUT2D eigenvalue weighted by molar-refractivity contribution is -0.125. The van der Waals surface area contributed by atoms with Gasteiger partial charge in [0.15, 0.2) is 5.96 Å². The molecule has 144 valence electrons. The van der Waals surface area contributed by atoms with Gasteiger partial charge >= 0.3 is 0 Å². The summed E-state index contributed by atoms with van der Waals surface area (Å²) < 4.78 is 11.9. The summed E-state index contributed by atoms with van der Waals surface area (Å²) >= 11 is 0. The van der Waals surface area contributed by atoms with Crippen LogP contribution in [-0.4, -0.2) is 62.5 Å². The fourth-order valence-electron chi connectivity index (χ4n) is 5.81. The van der Waals surface area contributed by atoms with Crippen molar-refractivity contribution in [1.82, 2.24) is 10.2 Å². The molecule has 2 saturated carbocycles. The van der Waals surface area contributed by atoms with Gasteiger partial charge in [0, 0.05) is 50.7 Å². The molecular weight excluding hydrogens is 429 g/mol. The lowest BCUT2D eigenvalue weighted by Gasteiger charge is -2.57. The zero-order chi connectivity index (χ0) is 16.6. The van der Waals surface area contributed by atoms with Gasteiger partial charge in [-0.1, -0.05) is 12.8 Å². The molecule has 0 radical (unpaired) electrons. The molecule has 0 bridgehead atoms. The number of hydrogen-bond acceptors (Lipinski definition) is 3. The number of fused-ring (bicyclic) bond motifs is 2. The molecule has 0 aromatic rings. The molecule has 2 heterocycles. The molecular formula is C19H34IN3O2. The van der Waals surface area contributed by atoms with E-state index in [-0.39, 0.29) is 24.0 Å². The SMILES string of the molecule is CCOC1CCN(C(=NC)NC2C3CCOC3C23CCCC3)CC1.I. The van der Waals surface area contributed by atoms with Crippen LogP contribution in [0.1, 0.15) is 51.9 Å². The molecule has 4 aliphatic rings. The molecule has 3 unspecified atom stereocenters. The van der Waals surface area contributed by atoms with Gasteiger partial charge in [0.05, 0.1) is 12.2 Å². The van der Waals surface area contributed by atoms with Crippen LogP contribution in [-0.2, 0) is 9.47 Å². The first-order valence-electron chi connectivity index (χ1n) is 10.00. The van der Waals surface area contributed by atoms with E-state index in [1.807, 2.05) is 7.05 Å². The summed E-state index contributed by atoms with van der Waals surface area (Å²) in [6.07, 6.45) is 9.77. The summed E-state index contributed by atoms with van der Waals surface area (Å²) in [5.74, 6) is 1.80. The van der Waals surface area contributed by atoms with Crippen LogP contribution in [0.25, 0.3) is 0 Å². The Labute approximate surface area is 169 Å². The Morgan fingerprint density at radius 2 is 1.96 bits per heavy atom. The predicted octanol–water partition coefficient (Wildman–Crippen LogP) is 3.03. The zero-order valence-electron chi connectivity index (χ0n) is 15.7. The van der Waals surface area contributed by atoms with Gasteiger partial charge in [0.1, 0.15) is 0 Å². The average Bonchev–Trinajstić information content (AvgIpc) is 3.25. The Morgan fingerprint density at radius 1 is 1.24 bits per heavy atom. The summed E-state index contributed by atoms with van der Waals surface area (Å²) in [7, 11) is 1.93. The van der Waals surface area contributed by atoms with Gasteiger partial charge in [-0.2, -0.15) is 0 Å². The fraction of sp³-hybridized carbons (Fsp3) is 0.947. The molecule has 4 fully saturated rings. The van der Waals surface area contributed by atoms with E-state index in [9.17, 15) is 0 Å². The zero-order valence-corrected chi connectivity index (χ0v) is 18.0. The van der Waals surface area contributed by atoms with Crippen LogP contribution in [0.15, 0.2) is 4.99 Å². The first-order chi connectivity index (χ1) is 11.8. The first kappa shape index (κ1) is 19.7. The minimum absolute atomic E-state index is 0. The van der Waals surface area contributed by atoms with Crippen LogP contribution >= 0.6 is 24.0 Å². The van der Waals surface area contributed by atoms with Crippen molar-refractivity contribution in [2.75, 3.05) is 33.4 Å². The Hall–Kier alpha value is -0.0800. The van der Waals surface area contributed by atoms with Gasteiger partial charge < -0.3 is 19.7 Å². The Morgan fingerprint density at radius 3 is 2.60 bits per heavy atom. The molecule has 5 nitrogen and oxygen atoms in total. The Bertz CT molecular complexity index is 473. The highest BCUT2D eigenvalue weighted by atomic mass is 127. The molecule has 3 atom stereocenters. The molecule has 25 heavy (non-hydrogen) atoms. The van der Waals surface area contributed by atoms with E-state index in [1.54, 1.807) is 0 Å². The van der Waals surface area contributed by atoms with Crippen LogP contribution in [0.2, 0.25) is 0 Å². The highest BCUT2D eigenvalue weighted by molar-refractivity contribution is 14.0. The van der Waals surface area contributed by atoms with Crippen molar-refractivity contribution >= 4 is 29.9 Å². The van der Waals surface area contributed by atoms with Gasteiger partial charge in [0.2, 0.25) is 0 Å². The highest BCUT2D eigenvalue weighted by Gasteiger charge is 2.65. The molecule has 2 saturated heterocycles. The number of guanidine groups is 1. The summed E-state index contributed by atoms with van der Waals surface area (Å²) in [5.41, 5.74) is 0.390. The number of aliphatic imine (C=N–C) groups is 1. The van der Waals surface area contributed by atoms with E-state index in [0.717, 1.165) is 45.1 Å². The lowest BCUT2D eigenvalue weighted by Crippen LogP contribution is -2.69.